The lowest BCUT2D eigenvalue weighted by Gasteiger charge is -2.14. The summed E-state index contributed by atoms with van der Waals surface area (Å²) < 4.78 is 10.6. The first-order valence-corrected chi connectivity index (χ1v) is 6.89. The zero-order valence-corrected chi connectivity index (χ0v) is 12.0. The number of ether oxygens (including phenoxy) is 1. The summed E-state index contributed by atoms with van der Waals surface area (Å²) in [6.45, 7) is -0.00309. The number of nitrogens with one attached hydrogen (secondary N) is 1. The van der Waals surface area contributed by atoms with E-state index in [0.717, 1.165) is 0 Å². The third-order valence-corrected chi connectivity index (χ3v) is 3.03. The van der Waals surface area contributed by atoms with Crippen LogP contribution in [0.25, 0.3) is 0 Å². The summed E-state index contributed by atoms with van der Waals surface area (Å²) in [5.41, 5.74) is 0. The maximum Gasteiger partial charge on any atom is 0.224 e. The molecule has 0 aliphatic heterocycles. The van der Waals surface area contributed by atoms with Crippen molar-refractivity contribution in [3.63, 3.8) is 0 Å². The quantitative estimate of drug-likeness (QED) is 0.824. The minimum absolute atomic E-state index is 0.170. The van der Waals surface area contributed by atoms with Gasteiger partial charge in [-0.25, -0.2) is 0 Å². The number of hydrogen-bond acceptors (Lipinski definition) is 4. The Balaban J connectivity index is 1.77. The highest BCUT2D eigenvalue weighted by Gasteiger charge is 2.15. The van der Waals surface area contributed by atoms with Crippen LogP contribution in [-0.2, 0) is 4.79 Å². The molecule has 5 nitrogen and oxygen atoms in total. The fourth-order valence-corrected chi connectivity index (χ4v) is 1.96. The first kappa shape index (κ1) is 15.4. The Kier molecular flexibility index (Phi) is 5.66. The van der Waals surface area contributed by atoms with E-state index in [2.05, 4.69) is 5.32 Å². The molecular formula is C15H16ClNO4. The molecule has 2 aromatic rings. The van der Waals surface area contributed by atoms with E-state index in [1.807, 2.05) is 0 Å². The van der Waals surface area contributed by atoms with Crippen molar-refractivity contribution in [1.82, 2.24) is 5.32 Å². The standard InChI is InChI=1S/C15H16ClNO4/c16-11-3-1-4-12(9-11)20-8-6-15(19)17-13(10-18)14-5-2-7-21-14/h1-5,7,9,13,18H,6,8,10H2,(H,17,19). The highest BCUT2D eigenvalue weighted by molar-refractivity contribution is 6.30. The number of hydrogen-bond donors (Lipinski definition) is 2. The number of halogens is 1. The molecule has 6 heteroatoms. The number of amides is 1. The van der Waals surface area contributed by atoms with E-state index in [1.54, 1.807) is 36.4 Å². The molecule has 21 heavy (non-hydrogen) atoms. The predicted octanol–water partition coefficient (Wildman–Crippen LogP) is 2.55. The molecule has 1 amide bonds. The highest BCUT2D eigenvalue weighted by Crippen LogP contribution is 2.17. The molecule has 0 saturated heterocycles. The Morgan fingerprint density at radius 3 is 2.90 bits per heavy atom. The lowest BCUT2D eigenvalue weighted by molar-refractivity contribution is -0.122. The van der Waals surface area contributed by atoms with Gasteiger partial charge < -0.3 is 19.6 Å². The van der Waals surface area contributed by atoms with Gasteiger partial charge in [-0.05, 0) is 30.3 Å². The van der Waals surface area contributed by atoms with Crippen molar-refractivity contribution in [3.8, 4) is 5.75 Å². The molecule has 0 aliphatic carbocycles. The maximum absolute atomic E-state index is 11.8. The van der Waals surface area contributed by atoms with E-state index >= 15 is 0 Å². The van der Waals surface area contributed by atoms with Crippen LogP contribution in [-0.4, -0.2) is 24.2 Å². The Bertz CT molecular complexity index is 571. The summed E-state index contributed by atoms with van der Waals surface area (Å²) in [4.78, 5) is 11.8. The van der Waals surface area contributed by atoms with Gasteiger partial charge in [-0.15, -0.1) is 0 Å². The van der Waals surface area contributed by atoms with Crippen LogP contribution in [0.1, 0.15) is 18.2 Å². The molecular weight excluding hydrogens is 294 g/mol. The second-order valence-electron chi connectivity index (χ2n) is 4.37. The monoisotopic (exact) mass is 309 g/mol. The smallest absolute Gasteiger partial charge is 0.224 e. The van der Waals surface area contributed by atoms with E-state index in [0.29, 0.717) is 16.5 Å². The average molecular weight is 310 g/mol. The fourth-order valence-electron chi connectivity index (χ4n) is 1.78. The minimum Gasteiger partial charge on any atom is -0.493 e. The number of benzene rings is 1. The first-order valence-electron chi connectivity index (χ1n) is 6.51. The van der Waals surface area contributed by atoms with Gasteiger partial charge in [0.25, 0.3) is 0 Å². The van der Waals surface area contributed by atoms with Crippen molar-refractivity contribution >= 4 is 17.5 Å². The molecule has 0 aliphatic rings. The van der Waals surface area contributed by atoms with E-state index in [4.69, 9.17) is 20.8 Å². The summed E-state index contributed by atoms with van der Waals surface area (Å²) >= 11 is 5.83. The lowest BCUT2D eigenvalue weighted by Crippen LogP contribution is -2.31. The van der Waals surface area contributed by atoms with Crippen LogP contribution in [0.4, 0.5) is 0 Å². The van der Waals surface area contributed by atoms with Crippen LogP contribution in [0.5, 0.6) is 5.75 Å². The van der Waals surface area contributed by atoms with Crippen molar-refractivity contribution in [2.45, 2.75) is 12.5 Å². The second-order valence-corrected chi connectivity index (χ2v) is 4.81. The molecule has 1 heterocycles. The van der Waals surface area contributed by atoms with Crippen LogP contribution in [0.3, 0.4) is 0 Å². The second kappa shape index (κ2) is 7.71. The molecule has 0 fully saturated rings. The van der Waals surface area contributed by atoms with Crippen LogP contribution < -0.4 is 10.1 Å². The maximum atomic E-state index is 11.8. The van der Waals surface area contributed by atoms with Gasteiger partial charge in [0.15, 0.2) is 0 Å². The van der Waals surface area contributed by atoms with Gasteiger partial charge in [-0.2, -0.15) is 0 Å². The van der Waals surface area contributed by atoms with Gasteiger partial charge in [0.1, 0.15) is 17.6 Å². The molecule has 0 bridgehead atoms. The molecule has 2 rings (SSSR count). The van der Waals surface area contributed by atoms with Gasteiger partial charge in [0, 0.05) is 5.02 Å². The number of carbonyl (C=O) groups is 1. The summed E-state index contributed by atoms with van der Waals surface area (Å²) in [7, 11) is 0. The van der Waals surface area contributed by atoms with Gasteiger partial charge in [0.05, 0.1) is 25.9 Å². The van der Waals surface area contributed by atoms with Gasteiger partial charge in [-0.3, -0.25) is 4.79 Å². The number of aliphatic hydroxyl groups excluding tert-OH is 1. The minimum atomic E-state index is -0.543. The van der Waals surface area contributed by atoms with Crippen molar-refractivity contribution in [2.24, 2.45) is 0 Å². The molecule has 0 radical (unpaired) electrons. The Labute approximate surface area is 127 Å². The van der Waals surface area contributed by atoms with E-state index in [1.165, 1.54) is 6.26 Å². The Hall–Kier alpha value is -1.98. The molecule has 0 saturated carbocycles. The topological polar surface area (TPSA) is 71.7 Å². The van der Waals surface area contributed by atoms with Crippen molar-refractivity contribution < 1.29 is 19.1 Å². The Morgan fingerprint density at radius 1 is 1.38 bits per heavy atom. The fraction of sp³-hybridized carbons (Fsp3) is 0.267. The molecule has 0 spiro atoms. The van der Waals surface area contributed by atoms with Gasteiger partial charge in [0.2, 0.25) is 5.91 Å². The molecule has 1 atom stereocenters. The van der Waals surface area contributed by atoms with E-state index in [-0.39, 0.29) is 25.5 Å². The third-order valence-electron chi connectivity index (χ3n) is 2.80. The molecule has 112 valence electrons. The summed E-state index contributed by atoms with van der Waals surface area (Å²) in [6, 6.07) is 9.82. The SMILES string of the molecule is O=C(CCOc1cccc(Cl)c1)NC(CO)c1ccco1. The Morgan fingerprint density at radius 2 is 2.24 bits per heavy atom. The molecule has 2 N–H and O–H groups in total. The van der Waals surface area contributed by atoms with Crippen LogP contribution in [0, 0.1) is 0 Å². The van der Waals surface area contributed by atoms with Crippen molar-refractivity contribution in [2.75, 3.05) is 13.2 Å². The summed E-state index contributed by atoms with van der Waals surface area (Å²) in [5.74, 6) is 0.897. The predicted molar refractivity (Wildman–Crippen MR) is 78.2 cm³/mol. The van der Waals surface area contributed by atoms with Gasteiger partial charge in [-0.1, -0.05) is 17.7 Å². The average Bonchev–Trinajstić information content (AvgIpc) is 2.99. The van der Waals surface area contributed by atoms with Crippen LogP contribution >= 0.6 is 11.6 Å². The number of rotatable bonds is 7. The van der Waals surface area contributed by atoms with Gasteiger partial charge >= 0.3 is 0 Å². The normalized spacial score (nSPS) is 11.9. The molecule has 1 unspecified atom stereocenters. The van der Waals surface area contributed by atoms with Crippen LogP contribution in [0.15, 0.2) is 47.1 Å². The van der Waals surface area contributed by atoms with Crippen molar-refractivity contribution in [1.29, 1.82) is 0 Å². The van der Waals surface area contributed by atoms with Crippen molar-refractivity contribution in [3.05, 3.63) is 53.4 Å². The lowest BCUT2D eigenvalue weighted by atomic mass is 10.2. The molecule has 1 aromatic carbocycles. The summed E-state index contributed by atoms with van der Waals surface area (Å²) in [5, 5.41) is 12.5. The number of furan rings is 1. The number of carbonyl (C=O) groups excluding carboxylic acids is 1. The van der Waals surface area contributed by atoms with E-state index in [9.17, 15) is 9.90 Å². The zero-order chi connectivity index (χ0) is 15.1. The summed E-state index contributed by atoms with van der Waals surface area (Å²) in [6.07, 6.45) is 1.66. The van der Waals surface area contributed by atoms with Crippen LogP contribution in [0.2, 0.25) is 5.02 Å². The highest BCUT2D eigenvalue weighted by atomic mass is 35.5. The molecule has 1 aromatic heterocycles. The van der Waals surface area contributed by atoms with E-state index < -0.39 is 6.04 Å². The zero-order valence-electron chi connectivity index (χ0n) is 11.3. The largest absolute Gasteiger partial charge is 0.493 e. The first-order chi connectivity index (χ1) is 10.2. The number of aliphatic hydroxyl groups is 1. The third kappa shape index (κ3) is 4.81.